The van der Waals surface area contributed by atoms with Gasteiger partial charge in [0.2, 0.25) is 0 Å². The molecule has 3 heterocycles. The highest BCUT2D eigenvalue weighted by Crippen LogP contribution is 2.30. The third-order valence-electron chi connectivity index (χ3n) is 2.75. The van der Waals surface area contributed by atoms with E-state index in [1.807, 2.05) is 16.5 Å². The molecule has 0 N–H and O–H groups in total. The second-order valence-electron chi connectivity index (χ2n) is 3.89. The van der Waals surface area contributed by atoms with Crippen molar-refractivity contribution < 1.29 is 9.53 Å². The third-order valence-corrected chi connectivity index (χ3v) is 3.97. The normalized spacial score (nSPS) is 10.8. The molecule has 0 saturated heterocycles. The molecule has 0 aliphatic heterocycles. The van der Waals surface area contributed by atoms with Crippen molar-refractivity contribution >= 4 is 34.4 Å². The van der Waals surface area contributed by atoms with Gasteiger partial charge < -0.3 is 4.74 Å². The van der Waals surface area contributed by atoms with Gasteiger partial charge in [0.05, 0.1) is 33.6 Å². The van der Waals surface area contributed by atoms with Gasteiger partial charge in [-0.15, -0.1) is 11.3 Å². The molecule has 3 aromatic heterocycles. The summed E-state index contributed by atoms with van der Waals surface area (Å²) in [5.41, 5.74) is 1.34. The number of rotatable bonds is 2. The molecule has 0 aliphatic rings. The van der Waals surface area contributed by atoms with E-state index in [1.165, 1.54) is 18.4 Å². The molecule has 0 atom stereocenters. The van der Waals surface area contributed by atoms with Crippen LogP contribution in [0.5, 0.6) is 0 Å². The third kappa shape index (κ3) is 2.11. The number of nitrogens with zero attached hydrogens (tertiary/aromatic N) is 2. The van der Waals surface area contributed by atoms with Gasteiger partial charge in [-0.05, 0) is 24.3 Å². The van der Waals surface area contributed by atoms with Crippen molar-refractivity contribution in [2.45, 2.75) is 0 Å². The van der Waals surface area contributed by atoms with Gasteiger partial charge >= 0.3 is 5.97 Å². The van der Waals surface area contributed by atoms with Crippen molar-refractivity contribution in [3.63, 3.8) is 0 Å². The Balaban J connectivity index is 2.12. The summed E-state index contributed by atoms with van der Waals surface area (Å²) < 4.78 is 7.33. The van der Waals surface area contributed by atoms with E-state index in [1.54, 1.807) is 24.5 Å². The van der Waals surface area contributed by atoms with Crippen LogP contribution >= 0.6 is 22.9 Å². The van der Waals surface area contributed by atoms with Crippen molar-refractivity contribution in [1.82, 2.24) is 9.38 Å². The highest BCUT2D eigenvalue weighted by Gasteiger charge is 2.11. The lowest BCUT2D eigenvalue weighted by atomic mass is 10.2. The Morgan fingerprint density at radius 2 is 2.26 bits per heavy atom. The van der Waals surface area contributed by atoms with Gasteiger partial charge in [0.25, 0.3) is 0 Å². The molecule has 0 fully saturated rings. The maximum Gasteiger partial charge on any atom is 0.337 e. The smallest absolute Gasteiger partial charge is 0.337 e. The van der Waals surface area contributed by atoms with Crippen molar-refractivity contribution in [3.8, 4) is 10.7 Å². The Bertz CT molecular complexity index is 763. The highest BCUT2D eigenvalue weighted by molar-refractivity contribution is 7.19. The first kappa shape index (κ1) is 12.2. The molecule has 6 heteroatoms. The van der Waals surface area contributed by atoms with Gasteiger partial charge in [0, 0.05) is 6.20 Å². The molecule has 0 amide bonds. The Kier molecular flexibility index (Phi) is 3.00. The van der Waals surface area contributed by atoms with E-state index in [0.29, 0.717) is 5.56 Å². The molecule has 3 aromatic rings. The van der Waals surface area contributed by atoms with Crippen LogP contribution in [0.15, 0.2) is 36.7 Å². The summed E-state index contributed by atoms with van der Waals surface area (Å²) in [4.78, 5) is 16.8. The molecule has 0 unspecified atom stereocenters. The lowest BCUT2D eigenvalue weighted by molar-refractivity contribution is 0.0601. The zero-order chi connectivity index (χ0) is 13.4. The monoisotopic (exact) mass is 292 g/mol. The Morgan fingerprint density at radius 3 is 2.95 bits per heavy atom. The minimum atomic E-state index is -0.357. The average molecular weight is 293 g/mol. The van der Waals surface area contributed by atoms with Crippen LogP contribution in [0.1, 0.15) is 10.4 Å². The molecule has 0 saturated carbocycles. The first-order valence-corrected chi connectivity index (χ1v) is 6.69. The summed E-state index contributed by atoms with van der Waals surface area (Å²) in [6, 6.07) is 7.22. The van der Waals surface area contributed by atoms with Gasteiger partial charge in [-0.1, -0.05) is 11.6 Å². The van der Waals surface area contributed by atoms with E-state index >= 15 is 0 Å². The largest absolute Gasteiger partial charge is 0.465 e. The van der Waals surface area contributed by atoms with Gasteiger partial charge in [0.15, 0.2) is 5.82 Å². The summed E-state index contributed by atoms with van der Waals surface area (Å²) in [5, 5.41) is 0. The van der Waals surface area contributed by atoms with Gasteiger partial charge in [0.1, 0.15) is 0 Å². The summed E-state index contributed by atoms with van der Waals surface area (Å²) in [6.45, 7) is 0. The van der Waals surface area contributed by atoms with Gasteiger partial charge in [-0.25, -0.2) is 9.78 Å². The van der Waals surface area contributed by atoms with E-state index in [4.69, 9.17) is 16.3 Å². The topological polar surface area (TPSA) is 43.6 Å². The van der Waals surface area contributed by atoms with E-state index in [-0.39, 0.29) is 5.97 Å². The Morgan fingerprint density at radius 1 is 1.42 bits per heavy atom. The van der Waals surface area contributed by atoms with Crippen molar-refractivity contribution in [2.75, 3.05) is 7.11 Å². The molecule has 0 bridgehead atoms. The van der Waals surface area contributed by atoms with E-state index < -0.39 is 0 Å². The van der Waals surface area contributed by atoms with Crippen LogP contribution < -0.4 is 0 Å². The molecule has 4 nitrogen and oxygen atoms in total. The molecular weight excluding hydrogens is 284 g/mol. The number of hydrogen-bond acceptors (Lipinski definition) is 4. The molecule has 0 spiro atoms. The fraction of sp³-hybridized carbons (Fsp3) is 0.0769. The van der Waals surface area contributed by atoms with Crippen LogP contribution in [0.2, 0.25) is 4.34 Å². The Labute approximate surface area is 118 Å². The molecule has 0 aliphatic carbocycles. The predicted octanol–water partition coefficient (Wildman–Crippen LogP) is 3.50. The maximum atomic E-state index is 11.5. The number of aromatic nitrogens is 2. The molecule has 0 aromatic carbocycles. The molecule has 3 rings (SSSR count). The Hall–Kier alpha value is -1.85. The molecule has 0 radical (unpaired) electrons. The number of fused-ring (bicyclic) bond motifs is 1. The standard InChI is InChI=1S/C13H9ClN2O2S/c1-18-13(17)8-4-5-16-9(6-8)7-15-12(16)10-2-3-11(14)19-10/h2-7H,1H3. The van der Waals surface area contributed by atoms with Crippen molar-refractivity contribution in [1.29, 1.82) is 0 Å². The van der Waals surface area contributed by atoms with E-state index in [2.05, 4.69) is 4.98 Å². The summed E-state index contributed by atoms with van der Waals surface area (Å²) in [7, 11) is 1.36. The number of methoxy groups -OCH3 is 1. The number of hydrogen-bond donors (Lipinski definition) is 0. The zero-order valence-corrected chi connectivity index (χ0v) is 11.5. The predicted molar refractivity (Wildman–Crippen MR) is 74.9 cm³/mol. The van der Waals surface area contributed by atoms with Crippen LogP contribution in [-0.4, -0.2) is 22.5 Å². The van der Waals surface area contributed by atoms with Crippen LogP contribution in [-0.2, 0) is 4.74 Å². The second kappa shape index (κ2) is 4.68. The number of halogens is 1. The minimum Gasteiger partial charge on any atom is -0.465 e. The quantitative estimate of drug-likeness (QED) is 0.679. The molecule has 19 heavy (non-hydrogen) atoms. The van der Waals surface area contributed by atoms with E-state index in [9.17, 15) is 4.79 Å². The SMILES string of the molecule is COC(=O)c1ccn2c(-c3ccc(Cl)s3)ncc2c1. The molecule has 96 valence electrons. The lowest BCUT2D eigenvalue weighted by Crippen LogP contribution is -2.01. The maximum absolute atomic E-state index is 11.5. The summed E-state index contributed by atoms with van der Waals surface area (Å²) >= 11 is 7.40. The fourth-order valence-electron chi connectivity index (χ4n) is 1.86. The number of imidazole rings is 1. The number of pyridine rings is 1. The number of thiophene rings is 1. The van der Waals surface area contributed by atoms with Crippen molar-refractivity contribution in [2.24, 2.45) is 0 Å². The van der Waals surface area contributed by atoms with Crippen LogP contribution in [0.4, 0.5) is 0 Å². The second-order valence-corrected chi connectivity index (χ2v) is 5.60. The summed E-state index contributed by atoms with van der Waals surface area (Å²) in [5.74, 6) is 0.452. The van der Waals surface area contributed by atoms with E-state index in [0.717, 1.165) is 20.6 Å². The first-order valence-electron chi connectivity index (χ1n) is 5.50. The zero-order valence-electron chi connectivity index (χ0n) is 9.96. The van der Waals surface area contributed by atoms with Crippen LogP contribution in [0.3, 0.4) is 0 Å². The van der Waals surface area contributed by atoms with Gasteiger partial charge in [-0.3, -0.25) is 4.40 Å². The highest BCUT2D eigenvalue weighted by atomic mass is 35.5. The molecular formula is C13H9ClN2O2S. The van der Waals surface area contributed by atoms with Crippen LogP contribution in [0, 0.1) is 0 Å². The number of ether oxygens (including phenoxy) is 1. The number of carbonyl (C=O) groups is 1. The van der Waals surface area contributed by atoms with Gasteiger partial charge in [-0.2, -0.15) is 0 Å². The summed E-state index contributed by atoms with van der Waals surface area (Å²) in [6.07, 6.45) is 3.52. The first-order chi connectivity index (χ1) is 9.19. The van der Waals surface area contributed by atoms with Crippen LogP contribution in [0.25, 0.3) is 16.2 Å². The fourth-order valence-corrected chi connectivity index (χ4v) is 2.90. The lowest BCUT2D eigenvalue weighted by Gasteiger charge is -2.02. The average Bonchev–Trinajstić information content (AvgIpc) is 3.02. The van der Waals surface area contributed by atoms with Crippen molar-refractivity contribution in [3.05, 3.63) is 46.6 Å². The minimum absolute atomic E-state index is 0.357. The number of carbonyl (C=O) groups excluding carboxylic acids is 1. The number of esters is 1.